The molecule has 0 saturated heterocycles. The minimum atomic E-state index is -0.984. The molecule has 2 aromatic rings. The van der Waals surface area contributed by atoms with Gasteiger partial charge in [0, 0.05) is 11.8 Å². The van der Waals surface area contributed by atoms with Gasteiger partial charge in [-0.05, 0) is 35.7 Å². The van der Waals surface area contributed by atoms with Gasteiger partial charge >= 0.3 is 5.97 Å². The predicted octanol–water partition coefficient (Wildman–Crippen LogP) is 2.09. The van der Waals surface area contributed by atoms with E-state index in [9.17, 15) is 20.1 Å². The maximum atomic E-state index is 11.4. The van der Waals surface area contributed by atoms with Crippen LogP contribution in [0.15, 0.2) is 42.5 Å². The molecule has 104 valence electrons. The number of benzene rings is 2. The standard InChI is InChI=1S/C15H15NO4/c16-11-4-1-9(2-5-11)13(15(19)20)7-10-3-6-12(17)8-14(10)18/h1-6,8,13,17-18H,7,16H2,(H,19,20). The van der Waals surface area contributed by atoms with Crippen LogP contribution in [0.3, 0.4) is 0 Å². The number of carboxylic acid groups (broad SMARTS) is 1. The summed E-state index contributed by atoms with van der Waals surface area (Å²) in [5.74, 6) is -1.95. The maximum Gasteiger partial charge on any atom is 0.311 e. The molecule has 2 aromatic carbocycles. The molecule has 0 heterocycles. The third-order valence-electron chi connectivity index (χ3n) is 3.13. The molecule has 0 amide bonds. The lowest BCUT2D eigenvalue weighted by Crippen LogP contribution is -2.14. The fourth-order valence-electron chi connectivity index (χ4n) is 2.02. The van der Waals surface area contributed by atoms with Crippen molar-refractivity contribution in [2.75, 3.05) is 5.73 Å². The quantitative estimate of drug-likeness (QED) is 0.639. The van der Waals surface area contributed by atoms with Crippen molar-refractivity contribution in [3.05, 3.63) is 53.6 Å². The first-order valence-electron chi connectivity index (χ1n) is 6.06. The van der Waals surface area contributed by atoms with Crippen LogP contribution in [0.4, 0.5) is 5.69 Å². The molecular formula is C15H15NO4. The molecule has 0 radical (unpaired) electrons. The molecule has 0 fully saturated rings. The molecule has 0 saturated carbocycles. The lowest BCUT2D eigenvalue weighted by atomic mass is 9.91. The Morgan fingerprint density at radius 1 is 1.10 bits per heavy atom. The number of nitrogens with two attached hydrogens (primary N) is 1. The second-order valence-electron chi connectivity index (χ2n) is 4.57. The van der Waals surface area contributed by atoms with Crippen LogP contribution in [-0.2, 0) is 11.2 Å². The van der Waals surface area contributed by atoms with Crippen molar-refractivity contribution in [3.63, 3.8) is 0 Å². The zero-order valence-electron chi connectivity index (χ0n) is 10.7. The van der Waals surface area contributed by atoms with Gasteiger partial charge in [-0.3, -0.25) is 4.79 Å². The van der Waals surface area contributed by atoms with E-state index in [2.05, 4.69) is 0 Å². The van der Waals surface area contributed by atoms with Gasteiger partial charge in [-0.15, -0.1) is 0 Å². The van der Waals surface area contributed by atoms with E-state index in [0.717, 1.165) is 0 Å². The molecule has 5 N–H and O–H groups in total. The van der Waals surface area contributed by atoms with Gasteiger partial charge in [0.1, 0.15) is 11.5 Å². The third-order valence-corrected chi connectivity index (χ3v) is 3.13. The zero-order valence-corrected chi connectivity index (χ0v) is 10.7. The SMILES string of the molecule is Nc1ccc(C(Cc2ccc(O)cc2O)C(=O)O)cc1. The van der Waals surface area contributed by atoms with Crippen molar-refractivity contribution in [1.29, 1.82) is 0 Å². The number of hydrogen-bond donors (Lipinski definition) is 4. The van der Waals surface area contributed by atoms with E-state index in [1.54, 1.807) is 24.3 Å². The number of carboxylic acids is 1. The summed E-state index contributed by atoms with van der Waals surface area (Å²) >= 11 is 0. The largest absolute Gasteiger partial charge is 0.508 e. The highest BCUT2D eigenvalue weighted by molar-refractivity contribution is 5.77. The fourth-order valence-corrected chi connectivity index (χ4v) is 2.02. The van der Waals surface area contributed by atoms with Crippen LogP contribution in [0, 0.1) is 0 Å². The number of carbonyl (C=O) groups is 1. The van der Waals surface area contributed by atoms with Gasteiger partial charge in [0.15, 0.2) is 0 Å². The molecule has 1 atom stereocenters. The smallest absolute Gasteiger partial charge is 0.311 e. The number of phenolic OH excluding ortho intramolecular Hbond substituents is 2. The molecule has 0 aromatic heterocycles. The van der Waals surface area contributed by atoms with Gasteiger partial charge in [-0.25, -0.2) is 0 Å². The Labute approximate surface area is 115 Å². The Bertz CT molecular complexity index is 622. The monoisotopic (exact) mass is 273 g/mol. The Kier molecular flexibility index (Phi) is 3.79. The highest BCUT2D eigenvalue weighted by Gasteiger charge is 2.21. The summed E-state index contributed by atoms with van der Waals surface area (Å²) in [5, 5.41) is 28.3. The first kappa shape index (κ1) is 13.7. The molecule has 0 aliphatic rings. The molecule has 5 heteroatoms. The highest BCUT2D eigenvalue weighted by Crippen LogP contribution is 2.29. The van der Waals surface area contributed by atoms with E-state index < -0.39 is 11.9 Å². The second kappa shape index (κ2) is 5.52. The predicted molar refractivity (Wildman–Crippen MR) is 74.7 cm³/mol. The molecule has 0 aliphatic heterocycles. The van der Waals surface area contributed by atoms with Crippen LogP contribution in [0.25, 0.3) is 0 Å². The van der Waals surface area contributed by atoms with Crippen molar-refractivity contribution in [1.82, 2.24) is 0 Å². The maximum absolute atomic E-state index is 11.4. The Balaban J connectivity index is 2.30. The fraction of sp³-hybridized carbons (Fsp3) is 0.133. The number of rotatable bonds is 4. The summed E-state index contributed by atoms with van der Waals surface area (Å²) in [6.45, 7) is 0. The number of phenols is 2. The summed E-state index contributed by atoms with van der Waals surface area (Å²) in [6.07, 6.45) is 0.130. The molecule has 2 rings (SSSR count). The van der Waals surface area contributed by atoms with Gasteiger partial charge in [-0.1, -0.05) is 18.2 Å². The average Bonchev–Trinajstić information content (AvgIpc) is 2.39. The topological polar surface area (TPSA) is 104 Å². The van der Waals surface area contributed by atoms with Gasteiger partial charge in [0.25, 0.3) is 0 Å². The number of nitrogen functional groups attached to an aromatic ring is 1. The number of aliphatic carboxylic acids is 1. The lowest BCUT2D eigenvalue weighted by Gasteiger charge is -2.14. The normalized spacial score (nSPS) is 12.0. The summed E-state index contributed by atoms with van der Waals surface area (Å²) < 4.78 is 0. The summed E-state index contributed by atoms with van der Waals surface area (Å²) in [4.78, 5) is 11.4. The Morgan fingerprint density at radius 2 is 1.75 bits per heavy atom. The van der Waals surface area contributed by atoms with Crippen LogP contribution in [-0.4, -0.2) is 21.3 Å². The van der Waals surface area contributed by atoms with Gasteiger partial charge in [0.2, 0.25) is 0 Å². The average molecular weight is 273 g/mol. The van der Waals surface area contributed by atoms with Crippen molar-refractivity contribution in [3.8, 4) is 11.5 Å². The zero-order chi connectivity index (χ0) is 14.7. The summed E-state index contributed by atoms with van der Waals surface area (Å²) in [7, 11) is 0. The van der Waals surface area contributed by atoms with E-state index >= 15 is 0 Å². The van der Waals surface area contributed by atoms with E-state index in [0.29, 0.717) is 16.8 Å². The van der Waals surface area contributed by atoms with Crippen LogP contribution >= 0.6 is 0 Å². The van der Waals surface area contributed by atoms with E-state index in [-0.39, 0.29) is 17.9 Å². The van der Waals surface area contributed by atoms with Gasteiger partial charge in [-0.2, -0.15) is 0 Å². The van der Waals surface area contributed by atoms with Crippen molar-refractivity contribution < 1.29 is 20.1 Å². The molecule has 0 bridgehead atoms. The number of aromatic hydroxyl groups is 2. The van der Waals surface area contributed by atoms with Crippen molar-refractivity contribution in [2.45, 2.75) is 12.3 Å². The van der Waals surface area contributed by atoms with Gasteiger partial charge in [0.05, 0.1) is 5.92 Å². The molecule has 1 unspecified atom stereocenters. The summed E-state index contributed by atoms with van der Waals surface area (Å²) in [6, 6.07) is 10.7. The molecule has 0 aliphatic carbocycles. The highest BCUT2D eigenvalue weighted by atomic mass is 16.4. The Morgan fingerprint density at radius 3 is 2.30 bits per heavy atom. The van der Waals surface area contributed by atoms with Crippen LogP contribution in [0.1, 0.15) is 17.0 Å². The number of hydrogen-bond acceptors (Lipinski definition) is 4. The van der Waals surface area contributed by atoms with Crippen LogP contribution in [0.2, 0.25) is 0 Å². The van der Waals surface area contributed by atoms with Crippen LogP contribution in [0.5, 0.6) is 11.5 Å². The molecule has 5 nitrogen and oxygen atoms in total. The third kappa shape index (κ3) is 3.00. The molecule has 20 heavy (non-hydrogen) atoms. The molecular weight excluding hydrogens is 258 g/mol. The first-order valence-corrected chi connectivity index (χ1v) is 6.06. The van der Waals surface area contributed by atoms with Gasteiger partial charge < -0.3 is 21.1 Å². The van der Waals surface area contributed by atoms with Crippen molar-refractivity contribution in [2.24, 2.45) is 0 Å². The number of anilines is 1. The minimum absolute atomic E-state index is 0.0643. The Hall–Kier alpha value is -2.69. The minimum Gasteiger partial charge on any atom is -0.508 e. The molecule has 0 spiro atoms. The second-order valence-corrected chi connectivity index (χ2v) is 4.57. The summed E-state index contributed by atoms with van der Waals surface area (Å²) in [5.41, 5.74) is 7.22. The van der Waals surface area contributed by atoms with Crippen molar-refractivity contribution >= 4 is 11.7 Å². The van der Waals surface area contributed by atoms with E-state index in [4.69, 9.17) is 5.73 Å². The first-order chi connectivity index (χ1) is 9.47. The van der Waals surface area contributed by atoms with E-state index in [1.807, 2.05) is 0 Å². The van der Waals surface area contributed by atoms with E-state index in [1.165, 1.54) is 18.2 Å². The lowest BCUT2D eigenvalue weighted by molar-refractivity contribution is -0.138. The van der Waals surface area contributed by atoms with Crippen LogP contribution < -0.4 is 5.73 Å².